The molecule has 0 amide bonds. The first kappa shape index (κ1) is 9.86. The van der Waals surface area contributed by atoms with Crippen LogP contribution in [-0.4, -0.2) is 26.5 Å². The summed E-state index contributed by atoms with van der Waals surface area (Å²) < 4.78 is 2.53. The fourth-order valence-corrected chi connectivity index (χ4v) is 13.5. The molecule has 1 heterocycles. The average molecular weight is 201 g/mol. The third-order valence-electron chi connectivity index (χ3n) is 2.67. The lowest BCUT2D eigenvalue weighted by Gasteiger charge is -2.32. The van der Waals surface area contributed by atoms with Crippen molar-refractivity contribution >= 4 is 17.2 Å². The Morgan fingerprint density at radius 1 is 1.58 bits per heavy atom. The Kier molecular flexibility index (Phi) is 2.68. The Morgan fingerprint density at radius 3 is 2.50 bits per heavy atom. The first-order valence-electron chi connectivity index (χ1n) is 4.59. The highest BCUT2D eigenvalue weighted by Crippen LogP contribution is 2.30. The van der Waals surface area contributed by atoms with Crippen molar-refractivity contribution in [1.29, 1.82) is 0 Å². The van der Waals surface area contributed by atoms with E-state index in [2.05, 4.69) is 23.9 Å². The fraction of sp³-hybridized carbons (Fsp3) is 0.750. The van der Waals surface area contributed by atoms with Crippen LogP contribution >= 0.6 is 0 Å². The predicted octanol–water partition coefficient (Wildman–Crippen LogP) is 2.28. The lowest BCUT2D eigenvalue weighted by Crippen LogP contribution is -2.44. The van der Waals surface area contributed by atoms with Crippen LogP contribution in [-0.2, 0) is 0 Å². The van der Waals surface area contributed by atoms with Crippen molar-refractivity contribution < 1.29 is 5.11 Å². The second-order valence-corrected chi connectivity index (χ2v) is 12.4. The van der Waals surface area contributed by atoms with Crippen molar-refractivity contribution in [1.82, 2.24) is 4.23 Å². The Bertz CT molecular complexity index is 199. The molecular formula is C8H19NOSi2. The average Bonchev–Trinajstić information content (AvgIpc) is 2.15. The van der Waals surface area contributed by atoms with Gasteiger partial charge in [0.15, 0.2) is 0 Å². The molecule has 0 aliphatic carbocycles. The van der Waals surface area contributed by atoms with Crippen LogP contribution in [0.5, 0.6) is 0 Å². The smallest absolute Gasteiger partial charge is 0.140 e. The summed E-state index contributed by atoms with van der Waals surface area (Å²) in [4.78, 5) is 0. The molecule has 0 aromatic carbocycles. The predicted molar refractivity (Wildman–Crippen MR) is 58.3 cm³/mol. The van der Waals surface area contributed by atoms with Gasteiger partial charge in [-0.2, -0.15) is 0 Å². The Hall–Kier alpha value is -0.226. The van der Waals surface area contributed by atoms with E-state index in [9.17, 15) is 5.11 Å². The lowest BCUT2D eigenvalue weighted by molar-refractivity contribution is 0.406. The highest BCUT2D eigenvalue weighted by Gasteiger charge is 2.37. The van der Waals surface area contributed by atoms with Crippen molar-refractivity contribution in [3.8, 4) is 0 Å². The quantitative estimate of drug-likeness (QED) is 0.520. The van der Waals surface area contributed by atoms with E-state index < -0.39 is 17.2 Å². The first-order valence-corrected chi connectivity index (χ1v) is 10.2. The van der Waals surface area contributed by atoms with Crippen LogP contribution in [0.1, 0.15) is 6.92 Å². The molecule has 0 radical (unpaired) electrons. The van der Waals surface area contributed by atoms with E-state index >= 15 is 0 Å². The molecule has 1 saturated heterocycles. The van der Waals surface area contributed by atoms with E-state index in [0.29, 0.717) is 5.76 Å². The molecule has 0 bridgehead atoms. The van der Waals surface area contributed by atoms with E-state index in [1.165, 1.54) is 12.1 Å². The largest absolute Gasteiger partial charge is 0.511 e. The molecule has 0 aromatic rings. The first-order chi connectivity index (χ1) is 5.43. The molecule has 1 unspecified atom stereocenters. The normalized spacial score (nSPS) is 29.5. The summed E-state index contributed by atoms with van der Waals surface area (Å²) in [6.07, 6.45) is 1.98. The van der Waals surface area contributed by atoms with E-state index in [1.54, 1.807) is 6.92 Å². The van der Waals surface area contributed by atoms with Crippen LogP contribution in [0.4, 0.5) is 0 Å². The minimum Gasteiger partial charge on any atom is -0.511 e. The highest BCUT2D eigenvalue weighted by atomic mass is 28.4. The number of rotatable bonds is 1. The summed E-state index contributed by atoms with van der Waals surface area (Å²) in [6.45, 7) is 8.93. The van der Waals surface area contributed by atoms with Gasteiger partial charge in [0.25, 0.3) is 0 Å². The molecule has 0 aromatic heterocycles. The Balaban J connectivity index is 2.78. The third-order valence-corrected chi connectivity index (χ3v) is 11.9. The minimum atomic E-state index is -1.14. The van der Waals surface area contributed by atoms with Gasteiger partial charge < -0.3 is 9.34 Å². The number of aliphatic hydroxyl groups excluding tert-OH is 1. The van der Waals surface area contributed by atoms with Crippen LogP contribution < -0.4 is 0 Å². The SMILES string of the molecule is C/C(O)=C\N1[SiH](C)CC[Si]1(C)C. The molecule has 1 aliphatic heterocycles. The molecule has 0 spiro atoms. The van der Waals surface area contributed by atoms with E-state index in [0.717, 1.165) is 0 Å². The summed E-state index contributed by atoms with van der Waals surface area (Å²) in [5.41, 5.74) is 0. The lowest BCUT2D eigenvalue weighted by atomic mass is 10.6. The maximum Gasteiger partial charge on any atom is 0.140 e. The molecule has 1 atom stereocenters. The molecule has 1 N–H and O–H groups in total. The summed E-state index contributed by atoms with van der Waals surface area (Å²) >= 11 is 0. The van der Waals surface area contributed by atoms with E-state index in [-0.39, 0.29) is 0 Å². The van der Waals surface area contributed by atoms with Gasteiger partial charge in [-0.25, -0.2) is 0 Å². The fourth-order valence-electron chi connectivity index (χ4n) is 1.93. The van der Waals surface area contributed by atoms with Gasteiger partial charge in [-0.1, -0.05) is 19.6 Å². The van der Waals surface area contributed by atoms with Crippen molar-refractivity contribution in [3.63, 3.8) is 0 Å². The summed E-state index contributed by atoms with van der Waals surface area (Å²) in [6, 6.07) is 2.83. The summed E-state index contributed by atoms with van der Waals surface area (Å²) in [5.74, 6) is 0.469. The zero-order valence-electron chi connectivity index (χ0n) is 8.46. The van der Waals surface area contributed by atoms with Crippen LogP contribution in [0.25, 0.3) is 0 Å². The van der Waals surface area contributed by atoms with Gasteiger partial charge in [0, 0.05) is 6.20 Å². The van der Waals surface area contributed by atoms with Crippen molar-refractivity contribution in [2.24, 2.45) is 0 Å². The minimum absolute atomic E-state index is 0.469. The van der Waals surface area contributed by atoms with Gasteiger partial charge in [0.05, 0.1) is 0 Å². The number of nitrogens with zero attached hydrogens (tertiary/aromatic N) is 1. The molecular weight excluding hydrogens is 182 g/mol. The number of hydrogen-bond acceptors (Lipinski definition) is 2. The zero-order chi connectivity index (χ0) is 9.35. The number of hydrogen-bond donors (Lipinski definition) is 1. The van der Waals surface area contributed by atoms with Crippen LogP contribution in [0, 0.1) is 0 Å². The summed E-state index contributed by atoms with van der Waals surface area (Å²) in [7, 11) is -1.82. The standard InChI is InChI=1S/C8H19NOSi2/c1-8(10)7-9-11(2)5-6-12(9,3)4/h7,10-11H,5-6H2,1-4H3/b8-7+. The molecule has 0 saturated carbocycles. The molecule has 2 nitrogen and oxygen atoms in total. The third kappa shape index (κ3) is 1.92. The Morgan fingerprint density at radius 2 is 2.17 bits per heavy atom. The number of aliphatic hydroxyl groups is 1. The molecule has 1 aliphatic rings. The highest BCUT2D eigenvalue weighted by molar-refractivity contribution is 6.88. The summed E-state index contributed by atoms with van der Waals surface area (Å²) in [5, 5.41) is 9.23. The van der Waals surface area contributed by atoms with E-state index in [1.807, 2.05) is 6.20 Å². The second kappa shape index (κ2) is 3.26. The van der Waals surface area contributed by atoms with Gasteiger partial charge in [-0.3, -0.25) is 0 Å². The maximum absolute atomic E-state index is 9.23. The molecule has 12 heavy (non-hydrogen) atoms. The monoisotopic (exact) mass is 201 g/mol. The molecule has 4 heteroatoms. The topological polar surface area (TPSA) is 23.5 Å². The molecule has 70 valence electrons. The van der Waals surface area contributed by atoms with Gasteiger partial charge in [0.1, 0.15) is 23.0 Å². The van der Waals surface area contributed by atoms with Gasteiger partial charge in [0.2, 0.25) is 0 Å². The van der Waals surface area contributed by atoms with Crippen LogP contribution in [0.3, 0.4) is 0 Å². The van der Waals surface area contributed by atoms with Crippen LogP contribution in [0.2, 0.25) is 31.7 Å². The second-order valence-electron chi connectivity index (χ2n) is 4.38. The van der Waals surface area contributed by atoms with Crippen molar-refractivity contribution in [3.05, 3.63) is 12.0 Å². The van der Waals surface area contributed by atoms with Crippen molar-refractivity contribution in [2.75, 3.05) is 0 Å². The maximum atomic E-state index is 9.23. The molecule has 1 rings (SSSR count). The van der Waals surface area contributed by atoms with Crippen LogP contribution in [0.15, 0.2) is 12.0 Å². The van der Waals surface area contributed by atoms with E-state index in [4.69, 9.17) is 0 Å². The number of allylic oxidation sites excluding steroid dienone is 1. The Labute approximate surface area is 77.7 Å². The zero-order valence-corrected chi connectivity index (χ0v) is 10.6. The van der Waals surface area contributed by atoms with Gasteiger partial charge in [-0.05, 0) is 19.0 Å². The van der Waals surface area contributed by atoms with Gasteiger partial charge >= 0.3 is 0 Å². The van der Waals surface area contributed by atoms with Crippen molar-refractivity contribution in [2.45, 2.75) is 38.7 Å². The van der Waals surface area contributed by atoms with Gasteiger partial charge in [-0.15, -0.1) is 0 Å². The molecule has 1 fully saturated rings.